The summed E-state index contributed by atoms with van der Waals surface area (Å²) >= 11 is 5.96. The molecule has 0 radical (unpaired) electrons. The van der Waals surface area contributed by atoms with Gasteiger partial charge in [0.25, 0.3) is 0 Å². The van der Waals surface area contributed by atoms with E-state index in [1.54, 1.807) is 25.2 Å². The van der Waals surface area contributed by atoms with E-state index in [4.69, 9.17) is 20.2 Å². The SMILES string of the molecule is Cn1cnc(S(=O)(=O)Oc2ccc3oc4c(c3c2)CCCC4)c1Cl. The number of hydrogen-bond acceptors (Lipinski definition) is 5. The van der Waals surface area contributed by atoms with Crippen molar-refractivity contribution in [2.75, 3.05) is 0 Å². The first-order chi connectivity index (χ1) is 11.5. The Bertz CT molecular complexity index is 1040. The van der Waals surface area contributed by atoms with E-state index >= 15 is 0 Å². The summed E-state index contributed by atoms with van der Waals surface area (Å²) in [6.45, 7) is 0. The molecule has 0 aliphatic heterocycles. The van der Waals surface area contributed by atoms with Crippen molar-refractivity contribution in [3.05, 3.63) is 41.0 Å². The quantitative estimate of drug-likeness (QED) is 0.663. The maximum atomic E-state index is 12.4. The third-order valence-corrected chi connectivity index (χ3v) is 5.95. The maximum Gasteiger partial charge on any atom is 0.360 e. The molecule has 8 heteroatoms. The Hall–Kier alpha value is -1.99. The Balaban J connectivity index is 1.73. The highest BCUT2D eigenvalue weighted by Gasteiger charge is 2.25. The second-order valence-corrected chi connectivity index (χ2v) is 7.68. The molecule has 0 saturated heterocycles. The van der Waals surface area contributed by atoms with Crippen LogP contribution in [-0.4, -0.2) is 18.0 Å². The van der Waals surface area contributed by atoms with Gasteiger partial charge in [-0.3, -0.25) is 0 Å². The van der Waals surface area contributed by atoms with Gasteiger partial charge in [0.15, 0.2) is 5.15 Å². The number of benzene rings is 1. The normalized spacial score (nSPS) is 14.8. The van der Waals surface area contributed by atoms with Gasteiger partial charge in [0.2, 0.25) is 5.03 Å². The molecule has 24 heavy (non-hydrogen) atoms. The monoisotopic (exact) mass is 366 g/mol. The van der Waals surface area contributed by atoms with Crippen LogP contribution in [0.4, 0.5) is 0 Å². The first-order valence-electron chi connectivity index (χ1n) is 7.61. The van der Waals surface area contributed by atoms with Crippen LogP contribution in [0.15, 0.2) is 34.0 Å². The van der Waals surface area contributed by atoms with Crippen LogP contribution in [0.3, 0.4) is 0 Å². The lowest BCUT2D eigenvalue weighted by atomic mass is 9.96. The molecule has 0 saturated carbocycles. The van der Waals surface area contributed by atoms with E-state index < -0.39 is 10.1 Å². The van der Waals surface area contributed by atoms with E-state index in [0.29, 0.717) is 0 Å². The molecule has 0 amide bonds. The van der Waals surface area contributed by atoms with Crippen LogP contribution in [0.1, 0.15) is 24.2 Å². The van der Waals surface area contributed by atoms with Crippen molar-refractivity contribution in [2.45, 2.75) is 30.7 Å². The third kappa shape index (κ3) is 2.48. The fourth-order valence-electron chi connectivity index (χ4n) is 3.02. The summed E-state index contributed by atoms with van der Waals surface area (Å²) in [5.41, 5.74) is 1.90. The minimum absolute atomic E-state index is 0.0109. The summed E-state index contributed by atoms with van der Waals surface area (Å²) in [5, 5.41) is 0.627. The molecule has 6 nitrogen and oxygen atoms in total. The molecule has 2 heterocycles. The summed E-state index contributed by atoms with van der Waals surface area (Å²) < 4.78 is 37.3. The van der Waals surface area contributed by atoms with Crippen LogP contribution in [0.25, 0.3) is 11.0 Å². The number of hydrogen-bond donors (Lipinski definition) is 0. The number of furan rings is 1. The fraction of sp³-hybridized carbons (Fsp3) is 0.312. The molecule has 1 aromatic carbocycles. The minimum Gasteiger partial charge on any atom is -0.461 e. The predicted octanol–water partition coefficient (Wildman–Crippen LogP) is 3.47. The van der Waals surface area contributed by atoms with Crippen LogP contribution >= 0.6 is 11.6 Å². The highest BCUT2D eigenvalue weighted by molar-refractivity contribution is 7.87. The maximum absolute atomic E-state index is 12.4. The first-order valence-corrected chi connectivity index (χ1v) is 9.40. The van der Waals surface area contributed by atoms with Crippen molar-refractivity contribution in [2.24, 2.45) is 7.05 Å². The summed E-state index contributed by atoms with van der Waals surface area (Å²) in [7, 11) is -2.48. The summed E-state index contributed by atoms with van der Waals surface area (Å²) in [5.74, 6) is 1.21. The number of aryl methyl sites for hydroxylation is 3. The van der Waals surface area contributed by atoms with Crippen molar-refractivity contribution in [1.29, 1.82) is 0 Å². The van der Waals surface area contributed by atoms with Gasteiger partial charge in [-0.05, 0) is 37.5 Å². The molecular formula is C16H15ClN2O4S. The highest BCUT2D eigenvalue weighted by Crippen LogP contribution is 2.34. The molecule has 1 aliphatic carbocycles. The van der Waals surface area contributed by atoms with Crippen LogP contribution in [-0.2, 0) is 30.0 Å². The molecule has 0 bridgehead atoms. The van der Waals surface area contributed by atoms with Crippen LogP contribution in [0.5, 0.6) is 5.75 Å². The predicted molar refractivity (Wildman–Crippen MR) is 88.9 cm³/mol. The molecule has 0 spiro atoms. The summed E-state index contributed by atoms with van der Waals surface area (Å²) in [6.07, 6.45) is 5.40. The number of imidazole rings is 1. The van der Waals surface area contributed by atoms with Gasteiger partial charge in [-0.25, -0.2) is 4.98 Å². The van der Waals surface area contributed by atoms with E-state index in [0.717, 1.165) is 48.0 Å². The Morgan fingerprint density at radius 3 is 2.83 bits per heavy atom. The second kappa shape index (κ2) is 5.53. The Kier molecular flexibility index (Phi) is 3.58. The number of halogens is 1. The van der Waals surface area contributed by atoms with E-state index in [-0.39, 0.29) is 15.9 Å². The fourth-order valence-corrected chi connectivity index (χ4v) is 4.36. The summed E-state index contributed by atoms with van der Waals surface area (Å²) in [4.78, 5) is 3.81. The molecule has 1 aliphatic rings. The summed E-state index contributed by atoms with van der Waals surface area (Å²) in [6, 6.07) is 5.02. The molecule has 126 valence electrons. The standard InChI is InChI=1S/C16H15ClN2O4S/c1-19-9-18-16(15(19)17)24(20,21)23-10-6-7-14-12(8-10)11-4-2-3-5-13(11)22-14/h6-9H,2-5H2,1H3. The highest BCUT2D eigenvalue weighted by atomic mass is 35.5. The van der Waals surface area contributed by atoms with Gasteiger partial charge in [-0.2, -0.15) is 8.42 Å². The van der Waals surface area contributed by atoms with Crippen molar-refractivity contribution >= 4 is 32.7 Å². The van der Waals surface area contributed by atoms with Crippen molar-refractivity contribution in [3.63, 3.8) is 0 Å². The molecule has 3 aromatic rings. The van der Waals surface area contributed by atoms with Crippen LogP contribution < -0.4 is 4.18 Å². The number of nitrogens with zero attached hydrogens (tertiary/aromatic N) is 2. The van der Waals surface area contributed by atoms with Crippen LogP contribution in [0.2, 0.25) is 5.15 Å². The lowest BCUT2D eigenvalue weighted by Crippen LogP contribution is -2.11. The van der Waals surface area contributed by atoms with Crippen molar-refractivity contribution < 1.29 is 17.0 Å². The Morgan fingerprint density at radius 2 is 2.08 bits per heavy atom. The lowest BCUT2D eigenvalue weighted by molar-refractivity contribution is 0.482. The number of fused-ring (bicyclic) bond motifs is 3. The molecule has 0 N–H and O–H groups in total. The third-order valence-electron chi connectivity index (χ3n) is 4.20. The zero-order chi connectivity index (χ0) is 16.9. The van der Waals surface area contributed by atoms with Gasteiger partial charge in [0, 0.05) is 24.4 Å². The van der Waals surface area contributed by atoms with Gasteiger partial charge >= 0.3 is 10.1 Å². The topological polar surface area (TPSA) is 74.3 Å². The number of aromatic nitrogens is 2. The zero-order valence-electron chi connectivity index (χ0n) is 13.0. The minimum atomic E-state index is -4.09. The van der Waals surface area contributed by atoms with E-state index in [1.165, 1.54) is 10.9 Å². The van der Waals surface area contributed by atoms with E-state index in [9.17, 15) is 8.42 Å². The van der Waals surface area contributed by atoms with E-state index in [1.807, 2.05) is 0 Å². The average Bonchev–Trinajstić information content (AvgIpc) is 3.08. The van der Waals surface area contributed by atoms with Gasteiger partial charge in [-0.15, -0.1) is 0 Å². The van der Waals surface area contributed by atoms with Gasteiger partial charge in [0.05, 0.1) is 6.33 Å². The zero-order valence-corrected chi connectivity index (χ0v) is 14.5. The number of rotatable bonds is 3. The van der Waals surface area contributed by atoms with Gasteiger partial charge < -0.3 is 13.2 Å². The van der Waals surface area contributed by atoms with Crippen molar-refractivity contribution in [3.8, 4) is 5.75 Å². The van der Waals surface area contributed by atoms with Gasteiger partial charge in [0.1, 0.15) is 17.1 Å². The molecule has 0 unspecified atom stereocenters. The molecule has 4 rings (SSSR count). The average molecular weight is 367 g/mol. The lowest BCUT2D eigenvalue weighted by Gasteiger charge is -2.09. The Morgan fingerprint density at radius 1 is 1.29 bits per heavy atom. The molecule has 2 aromatic heterocycles. The van der Waals surface area contributed by atoms with E-state index in [2.05, 4.69) is 4.98 Å². The molecule has 0 fully saturated rings. The smallest absolute Gasteiger partial charge is 0.360 e. The van der Waals surface area contributed by atoms with Crippen molar-refractivity contribution in [1.82, 2.24) is 9.55 Å². The first kappa shape index (κ1) is 15.5. The molecule has 0 atom stereocenters. The Labute approximate surface area is 144 Å². The largest absolute Gasteiger partial charge is 0.461 e. The second-order valence-electron chi connectivity index (χ2n) is 5.86. The van der Waals surface area contributed by atoms with Crippen LogP contribution in [0, 0.1) is 0 Å². The van der Waals surface area contributed by atoms with Gasteiger partial charge in [-0.1, -0.05) is 11.6 Å². The molecular weight excluding hydrogens is 352 g/mol.